The summed E-state index contributed by atoms with van der Waals surface area (Å²) in [5, 5.41) is 6.44. The fourth-order valence-corrected chi connectivity index (χ4v) is 2.90. The summed E-state index contributed by atoms with van der Waals surface area (Å²) in [5.41, 5.74) is 0. The van der Waals surface area contributed by atoms with Gasteiger partial charge in [-0.2, -0.15) is 0 Å². The maximum atomic E-state index is 12.4. The van der Waals surface area contributed by atoms with E-state index in [1.165, 1.54) is 0 Å². The quantitative estimate of drug-likeness (QED) is 0.901. The Kier molecular flexibility index (Phi) is 3.92. The number of ether oxygens (including phenoxy) is 1. The van der Waals surface area contributed by atoms with Crippen LogP contribution in [0.25, 0.3) is 0 Å². The molecule has 2 amide bonds. The van der Waals surface area contributed by atoms with Crippen molar-refractivity contribution in [2.45, 2.75) is 44.8 Å². The smallest absolute Gasteiger partial charge is 0.252 e. The van der Waals surface area contributed by atoms with Crippen molar-refractivity contribution in [3.63, 3.8) is 0 Å². The lowest BCUT2D eigenvalue weighted by Gasteiger charge is -2.25. The van der Waals surface area contributed by atoms with E-state index in [1.54, 1.807) is 17.9 Å². The highest BCUT2D eigenvalue weighted by Crippen LogP contribution is 2.23. The molecule has 2 fully saturated rings. The topological polar surface area (TPSA) is 84.7 Å². The molecule has 3 heterocycles. The number of nitrogens with zero attached hydrogens (tertiary/aromatic N) is 2. The molecule has 2 atom stereocenters. The monoisotopic (exact) mass is 293 g/mol. The van der Waals surface area contributed by atoms with Gasteiger partial charge >= 0.3 is 0 Å². The maximum Gasteiger partial charge on any atom is 0.252 e. The second-order valence-corrected chi connectivity index (χ2v) is 5.50. The van der Waals surface area contributed by atoms with E-state index in [0.717, 1.165) is 19.3 Å². The Labute approximate surface area is 122 Å². The number of carbonyl (C=O) groups excluding carboxylic acids is 2. The fourth-order valence-electron chi connectivity index (χ4n) is 2.90. The van der Waals surface area contributed by atoms with Gasteiger partial charge < -0.3 is 19.5 Å². The SMILES string of the molecule is Cc1cc(NC(=O)[C@@H]2CCCN2C(=O)C2CCCO2)no1. The summed E-state index contributed by atoms with van der Waals surface area (Å²) in [6.45, 7) is 2.99. The van der Waals surface area contributed by atoms with Crippen LogP contribution in [0.5, 0.6) is 0 Å². The summed E-state index contributed by atoms with van der Waals surface area (Å²) in [5.74, 6) is 0.728. The van der Waals surface area contributed by atoms with Gasteiger partial charge in [0.2, 0.25) is 5.91 Å². The number of aromatic nitrogens is 1. The number of nitrogens with one attached hydrogen (secondary N) is 1. The minimum atomic E-state index is -0.446. The number of carbonyl (C=O) groups is 2. The molecular weight excluding hydrogens is 274 g/mol. The number of anilines is 1. The molecule has 1 aromatic rings. The van der Waals surface area contributed by atoms with Crippen LogP contribution in [-0.2, 0) is 14.3 Å². The lowest BCUT2D eigenvalue weighted by atomic mass is 10.1. The van der Waals surface area contributed by atoms with Crippen LogP contribution in [0.3, 0.4) is 0 Å². The third-order valence-electron chi connectivity index (χ3n) is 3.92. The minimum Gasteiger partial charge on any atom is -0.368 e. The summed E-state index contributed by atoms with van der Waals surface area (Å²) < 4.78 is 10.3. The molecule has 0 saturated carbocycles. The Hall–Kier alpha value is -1.89. The van der Waals surface area contributed by atoms with Gasteiger partial charge in [-0.3, -0.25) is 9.59 Å². The van der Waals surface area contributed by atoms with Crippen molar-refractivity contribution < 1.29 is 18.8 Å². The van der Waals surface area contributed by atoms with E-state index in [2.05, 4.69) is 10.5 Å². The Balaban J connectivity index is 1.65. The average molecular weight is 293 g/mol. The molecule has 0 radical (unpaired) electrons. The molecule has 2 saturated heterocycles. The van der Waals surface area contributed by atoms with Gasteiger partial charge in [0, 0.05) is 19.2 Å². The molecule has 2 aliphatic heterocycles. The fraction of sp³-hybridized carbons (Fsp3) is 0.643. The Bertz CT molecular complexity index is 536. The lowest BCUT2D eigenvalue weighted by molar-refractivity contribution is -0.144. The van der Waals surface area contributed by atoms with E-state index in [1.807, 2.05) is 0 Å². The predicted molar refractivity (Wildman–Crippen MR) is 73.6 cm³/mol. The zero-order chi connectivity index (χ0) is 14.8. The van der Waals surface area contributed by atoms with Crippen LogP contribution in [-0.4, -0.2) is 47.2 Å². The van der Waals surface area contributed by atoms with Crippen molar-refractivity contribution in [2.75, 3.05) is 18.5 Å². The number of rotatable bonds is 3. The van der Waals surface area contributed by atoms with Gasteiger partial charge in [0.1, 0.15) is 17.9 Å². The molecule has 1 N–H and O–H groups in total. The van der Waals surface area contributed by atoms with Crippen molar-refractivity contribution >= 4 is 17.6 Å². The van der Waals surface area contributed by atoms with E-state index in [0.29, 0.717) is 31.2 Å². The van der Waals surface area contributed by atoms with Crippen LogP contribution in [0.15, 0.2) is 10.6 Å². The summed E-state index contributed by atoms with van der Waals surface area (Å²) >= 11 is 0. The molecule has 114 valence electrons. The predicted octanol–water partition coefficient (Wildman–Crippen LogP) is 1.09. The van der Waals surface area contributed by atoms with Gasteiger partial charge in [-0.15, -0.1) is 0 Å². The molecule has 0 aromatic carbocycles. The Morgan fingerprint density at radius 1 is 1.38 bits per heavy atom. The third kappa shape index (κ3) is 2.92. The van der Waals surface area contributed by atoms with Crippen LogP contribution < -0.4 is 5.32 Å². The summed E-state index contributed by atoms with van der Waals surface area (Å²) in [6.07, 6.45) is 2.76. The van der Waals surface area contributed by atoms with Crippen LogP contribution in [0.2, 0.25) is 0 Å². The summed E-state index contributed by atoms with van der Waals surface area (Å²) in [4.78, 5) is 26.4. The highest BCUT2D eigenvalue weighted by atomic mass is 16.5. The van der Waals surface area contributed by atoms with E-state index in [4.69, 9.17) is 9.26 Å². The van der Waals surface area contributed by atoms with Crippen molar-refractivity contribution in [3.8, 4) is 0 Å². The standard InChI is InChI=1S/C14H19N3O4/c1-9-8-12(16-21-9)15-13(18)10-4-2-6-17(10)14(19)11-5-3-7-20-11/h8,10-11H,2-7H2,1H3,(H,15,16,18)/t10-,11?/m0/s1. The van der Waals surface area contributed by atoms with Crippen molar-refractivity contribution in [2.24, 2.45) is 0 Å². The van der Waals surface area contributed by atoms with Crippen LogP contribution >= 0.6 is 0 Å². The summed E-state index contributed by atoms with van der Waals surface area (Å²) in [6, 6.07) is 1.21. The number of amides is 2. The van der Waals surface area contributed by atoms with Crippen molar-refractivity contribution in [3.05, 3.63) is 11.8 Å². The van der Waals surface area contributed by atoms with E-state index >= 15 is 0 Å². The zero-order valence-corrected chi connectivity index (χ0v) is 12.0. The summed E-state index contributed by atoms with van der Waals surface area (Å²) in [7, 11) is 0. The molecule has 7 heteroatoms. The Morgan fingerprint density at radius 2 is 2.24 bits per heavy atom. The highest BCUT2D eigenvalue weighted by molar-refractivity contribution is 5.97. The Morgan fingerprint density at radius 3 is 2.90 bits per heavy atom. The number of hydrogen-bond acceptors (Lipinski definition) is 5. The molecule has 1 unspecified atom stereocenters. The first kappa shape index (κ1) is 14.1. The second kappa shape index (κ2) is 5.85. The molecule has 0 spiro atoms. The highest BCUT2D eigenvalue weighted by Gasteiger charge is 2.38. The van der Waals surface area contributed by atoms with Gasteiger partial charge in [0.05, 0.1) is 0 Å². The molecule has 21 heavy (non-hydrogen) atoms. The van der Waals surface area contributed by atoms with Gasteiger partial charge in [-0.05, 0) is 32.6 Å². The van der Waals surface area contributed by atoms with Crippen molar-refractivity contribution in [1.82, 2.24) is 10.1 Å². The first-order chi connectivity index (χ1) is 10.1. The van der Waals surface area contributed by atoms with Gasteiger partial charge in [-0.1, -0.05) is 5.16 Å². The lowest BCUT2D eigenvalue weighted by Crippen LogP contribution is -2.47. The normalized spacial score (nSPS) is 25.3. The molecule has 0 bridgehead atoms. The molecule has 2 aliphatic rings. The van der Waals surface area contributed by atoms with Gasteiger partial charge in [0.15, 0.2) is 5.82 Å². The van der Waals surface area contributed by atoms with Crippen molar-refractivity contribution in [1.29, 1.82) is 0 Å². The molecule has 0 aliphatic carbocycles. The maximum absolute atomic E-state index is 12.4. The average Bonchev–Trinajstić information content (AvgIpc) is 3.19. The third-order valence-corrected chi connectivity index (χ3v) is 3.92. The largest absolute Gasteiger partial charge is 0.368 e. The van der Waals surface area contributed by atoms with Gasteiger partial charge in [-0.25, -0.2) is 0 Å². The molecule has 1 aromatic heterocycles. The second-order valence-electron chi connectivity index (χ2n) is 5.50. The van der Waals surface area contributed by atoms with E-state index < -0.39 is 6.04 Å². The number of aryl methyl sites for hydroxylation is 1. The molecule has 3 rings (SSSR count). The zero-order valence-electron chi connectivity index (χ0n) is 12.0. The number of likely N-dealkylation sites (tertiary alicyclic amines) is 1. The number of hydrogen-bond donors (Lipinski definition) is 1. The minimum absolute atomic E-state index is 0.0681. The van der Waals surface area contributed by atoms with E-state index in [-0.39, 0.29) is 17.9 Å². The first-order valence-corrected chi connectivity index (χ1v) is 7.31. The van der Waals surface area contributed by atoms with Gasteiger partial charge in [0.25, 0.3) is 5.91 Å². The van der Waals surface area contributed by atoms with Crippen LogP contribution in [0.4, 0.5) is 5.82 Å². The molecular formula is C14H19N3O4. The molecule has 7 nitrogen and oxygen atoms in total. The first-order valence-electron chi connectivity index (χ1n) is 7.31. The van der Waals surface area contributed by atoms with E-state index in [9.17, 15) is 9.59 Å². The van der Waals surface area contributed by atoms with Crippen LogP contribution in [0, 0.1) is 6.92 Å². The van der Waals surface area contributed by atoms with Crippen LogP contribution in [0.1, 0.15) is 31.4 Å².